The third-order valence-electron chi connectivity index (χ3n) is 2.38. The van der Waals surface area contributed by atoms with E-state index < -0.39 is 0 Å². The van der Waals surface area contributed by atoms with Crippen molar-refractivity contribution in [1.29, 1.82) is 0 Å². The maximum atomic E-state index is 11.3. The Kier molecular flexibility index (Phi) is 3.63. The molecule has 1 unspecified atom stereocenters. The summed E-state index contributed by atoms with van der Waals surface area (Å²) in [5, 5.41) is -0.133. The maximum absolute atomic E-state index is 11.3. The number of thioether (sulfide) groups is 1. The lowest BCUT2D eigenvalue weighted by atomic mass is 10.3. The Balaban J connectivity index is 2.03. The van der Waals surface area contributed by atoms with Crippen LogP contribution in [0, 0.1) is 4.91 Å². The molecule has 90 valence electrons. The molecule has 0 aliphatic carbocycles. The van der Waals surface area contributed by atoms with Gasteiger partial charge in [0.15, 0.2) is 7.11 Å². The lowest BCUT2D eigenvalue weighted by Gasteiger charge is -2.04. The zero-order chi connectivity index (χ0) is 12.3. The van der Waals surface area contributed by atoms with Gasteiger partial charge in [-0.25, -0.2) is 4.84 Å². The fraction of sp³-hybridized carbons (Fsp3) is 0.364. The molecule has 0 amide bonds. The number of hydrogen-bond donors (Lipinski definition) is 0. The van der Waals surface area contributed by atoms with E-state index in [4.69, 9.17) is 4.74 Å². The molecule has 0 N–H and O–H groups in total. The first-order valence-electron chi connectivity index (χ1n) is 5.15. The van der Waals surface area contributed by atoms with Crippen LogP contribution < -0.4 is 0 Å². The number of ether oxygens (including phenoxy) is 1. The summed E-state index contributed by atoms with van der Waals surface area (Å²) >= 11 is 1.45. The molecule has 17 heavy (non-hydrogen) atoms. The van der Waals surface area contributed by atoms with E-state index in [9.17, 15) is 9.70 Å². The van der Waals surface area contributed by atoms with Gasteiger partial charge in [0, 0.05) is 23.4 Å². The smallest absolute Gasteiger partial charge is 0.319 e. The first-order valence-corrected chi connectivity index (χ1v) is 6.03. The number of nitrogens with zero attached hydrogens (tertiary/aromatic N) is 1. The zero-order valence-electron chi connectivity index (χ0n) is 9.29. The van der Waals surface area contributed by atoms with Crippen molar-refractivity contribution in [2.24, 2.45) is 0 Å². The summed E-state index contributed by atoms with van der Waals surface area (Å²) in [6.45, 7) is 0.493. The van der Waals surface area contributed by atoms with E-state index in [1.807, 2.05) is 0 Å². The summed E-state index contributed by atoms with van der Waals surface area (Å²) in [6.07, 6.45) is 0.733. The van der Waals surface area contributed by atoms with Crippen molar-refractivity contribution < 1.29 is 19.3 Å². The predicted molar refractivity (Wildman–Crippen MR) is 62.0 cm³/mol. The Morgan fingerprint density at radius 3 is 2.65 bits per heavy atom. The first kappa shape index (κ1) is 11.9. The van der Waals surface area contributed by atoms with Gasteiger partial charge in [-0.1, -0.05) is 0 Å². The lowest BCUT2D eigenvalue weighted by molar-refractivity contribution is -0.736. The van der Waals surface area contributed by atoms with Gasteiger partial charge in [-0.05, 0) is 12.1 Å². The summed E-state index contributed by atoms with van der Waals surface area (Å²) in [7, 11) is 1.31. The zero-order valence-corrected chi connectivity index (χ0v) is 10.1. The average Bonchev–Trinajstić information content (AvgIpc) is 2.75. The van der Waals surface area contributed by atoms with Crippen LogP contribution in [0.5, 0.6) is 0 Å². The summed E-state index contributed by atoms with van der Waals surface area (Å²) in [4.78, 5) is 28.3. The fourth-order valence-electron chi connectivity index (χ4n) is 1.50. The van der Waals surface area contributed by atoms with E-state index in [2.05, 4.69) is 4.84 Å². The van der Waals surface area contributed by atoms with Gasteiger partial charge in [-0.2, -0.15) is 0 Å². The molecule has 1 aliphatic heterocycles. The minimum atomic E-state index is -0.165. The summed E-state index contributed by atoms with van der Waals surface area (Å²) < 4.78 is 4.88. The van der Waals surface area contributed by atoms with Crippen molar-refractivity contribution >= 4 is 23.4 Å². The molecule has 0 aromatic heterocycles. The van der Waals surface area contributed by atoms with Gasteiger partial charge in [0.1, 0.15) is 5.25 Å². The normalized spacial score (nSPS) is 18.9. The molecule has 0 saturated carbocycles. The Morgan fingerprint density at radius 1 is 1.41 bits per heavy atom. The van der Waals surface area contributed by atoms with Crippen molar-refractivity contribution in [3.8, 4) is 0 Å². The van der Waals surface area contributed by atoms with Crippen LogP contribution in [0.1, 0.15) is 6.42 Å². The lowest BCUT2D eigenvalue weighted by Crippen LogP contribution is -2.09. The van der Waals surface area contributed by atoms with Crippen molar-refractivity contribution in [2.45, 2.75) is 16.6 Å². The van der Waals surface area contributed by atoms with Crippen molar-refractivity contribution in [1.82, 2.24) is 0 Å². The van der Waals surface area contributed by atoms with Crippen LogP contribution in [0.3, 0.4) is 0 Å². The number of hydrogen-bond acceptors (Lipinski definition) is 5. The van der Waals surface area contributed by atoms with Gasteiger partial charge in [0.2, 0.25) is 0 Å². The fourth-order valence-corrected chi connectivity index (χ4v) is 2.50. The topological polar surface area (TPSA) is 55.6 Å². The van der Waals surface area contributed by atoms with E-state index in [0.29, 0.717) is 17.2 Å². The van der Waals surface area contributed by atoms with E-state index in [-0.39, 0.29) is 11.2 Å². The number of carbonyl (C=O) groups excluding carboxylic acids is 1. The third kappa shape index (κ3) is 2.76. The number of benzene rings is 1. The van der Waals surface area contributed by atoms with Crippen LogP contribution in [-0.2, 0) is 14.4 Å². The van der Waals surface area contributed by atoms with Crippen molar-refractivity contribution in [3.05, 3.63) is 29.2 Å². The monoisotopic (exact) mass is 254 g/mol. The molecule has 1 heterocycles. The number of esters is 1. The third-order valence-corrected chi connectivity index (χ3v) is 3.64. The molecule has 1 aromatic carbocycles. The molecule has 2 rings (SSSR count). The second kappa shape index (κ2) is 5.18. The van der Waals surface area contributed by atoms with Crippen LogP contribution in [0.15, 0.2) is 29.2 Å². The summed E-state index contributed by atoms with van der Waals surface area (Å²) in [6, 6.07) is 6.88. The van der Waals surface area contributed by atoms with Gasteiger partial charge in [-0.3, -0.25) is 4.79 Å². The van der Waals surface area contributed by atoms with E-state index in [1.54, 1.807) is 24.3 Å². The molecule has 5 nitrogen and oxygen atoms in total. The second-order valence-corrected chi connectivity index (χ2v) is 4.77. The van der Waals surface area contributed by atoms with Crippen molar-refractivity contribution in [3.63, 3.8) is 0 Å². The maximum Gasteiger partial charge on any atom is 0.319 e. The Hall–Kier alpha value is -1.56. The molecule has 0 bridgehead atoms. The molecule has 1 aliphatic rings. The van der Waals surface area contributed by atoms with Gasteiger partial charge in [0.05, 0.1) is 11.5 Å². The minimum absolute atomic E-state index is 0.133. The van der Waals surface area contributed by atoms with Gasteiger partial charge in [0.25, 0.3) is 4.92 Å². The molecule has 0 spiro atoms. The molecule has 6 heteroatoms. The summed E-state index contributed by atoms with van der Waals surface area (Å²) in [5.41, 5.74) is 0.422. The highest BCUT2D eigenvalue weighted by molar-refractivity contribution is 8.00. The SMILES string of the molecule is CO[N+](=O)c1ccc(SC2CCOC2=O)cc1. The van der Waals surface area contributed by atoms with Crippen LogP contribution in [0.4, 0.5) is 5.69 Å². The first-order chi connectivity index (χ1) is 8.20. The summed E-state index contributed by atoms with van der Waals surface area (Å²) in [5.74, 6) is -0.165. The average molecular weight is 254 g/mol. The Labute approximate surface area is 103 Å². The molecule has 1 fully saturated rings. The Morgan fingerprint density at radius 2 is 2.12 bits per heavy atom. The highest BCUT2D eigenvalue weighted by Gasteiger charge is 2.27. The standard InChI is InChI=1S/C11H12NO4S/c1-15-12(14)8-2-4-9(5-3-8)17-10-6-7-16-11(10)13/h2-5,10H,6-7H2,1H3/q+1. The van der Waals surface area contributed by atoms with E-state index in [0.717, 1.165) is 11.3 Å². The predicted octanol–water partition coefficient (Wildman–Crippen LogP) is 2.07. The van der Waals surface area contributed by atoms with Gasteiger partial charge < -0.3 is 4.74 Å². The number of cyclic esters (lactones) is 1. The van der Waals surface area contributed by atoms with Gasteiger partial charge in [-0.15, -0.1) is 11.8 Å². The number of rotatable bonds is 4. The highest BCUT2D eigenvalue weighted by Crippen LogP contribution is 2.30. The molecular formula is C11H12NO4S+. The molecule has 1 saturated heterocycles. The quantitative estimate of drug-likeness (QED) is 0.608. The van der Waals surface area contributed by atoms with E-state index in [1.165, 1.54) is 18.9 Å². The van der Waals surface area contributed by atoms with Crippen LogP contribution in [-0.4, -0.2) is 29.9 Å². The molecular weight excluding hydrogens is 242 g/mol. The number of carbonyl (C=O) groups is 1. The largest absolute Gasteiger partial charge is 0.465 e. The molecule has 1 aromatic rings. The van der Waals surface area contributed by atoms with Crippen molar-refractivity contribution in [2.75, 3.05) is 13.7 Å². The second-order valence-electron chi connectivity index (χ2n) is 3.50. The van der Waals surface area contributed by atoms with E-state index >= 15 is 0 Å². The van der Waals surface area contributed by atoms with Crippen LogP contribution in [0.2, 0.25) is 0 Å². The molecule has 0 radical (unpaired) electrons. The highest BCUT2D eigenvalue weighted by atomic mass is 32.2. The van der Waals surface area contributed by atoms with Gasteiger partial charge >= 0.3 is 11.7 Å². The van der Waals surface area contributed by atoms with Crippen LogP contribution >= 0.6 is 11.8 Å². The Bertz CT molecular complexity index is 432. The molecule has 1 atom stereocenters. The minimum Gasteiger partial charge on any atom is -0.465 e. The van der Waals surface area contributed by atoms with Crippen LogP contribution in [0.25, 0.3) is 0 Å².